The van der Waals surface area contributed by atoms with E-state index in [0.29, 0.717) is 5.70 Å². The van der Waals surface area contributed by atoms with Gasteiger partial charge in [-0.2, -0.15) is 5.26 Å². The molecule has 1 unspecified atom stereocenters. The molecule has 1 atom stereocenters. The lowest BCUT2D eigenvalue weighted by Gasteiger charge is -2.25. The van der Waals surface area contributed by atoms with E-state index in [1.807, 2.05) is 0 Å². The van der Waals surface area contributed by atoms with Crippen LogP contribution in [0.25, 0.3) is 0 Å². The van der Waals surface area contributed by atoms with E-state index in [1.54, 1.807) is 19.9 Å². The number of hydrogen-bond acceptors (Lipinski definition) is 3. The van der Waals surface area contributed by atoms with E-state index < -0.39 is 17.6 Å². The van der Waals surface area contributed by atoms with Crippen LogP contribution in [0.5, 0.6) is 0 Å². The van der Waals surface area contributed by atoms with E-state index in [4.69, 9.17) is 5.26 Å². The third-order valence-corrected chi connectivity index (χ3v) is 2.44. The number of alkyl halides is 1. The minimum Gasteiger partial charge on any atom is -0.371 e. The van der Waals surface area contributed by atoms with Crippen LogP contribution in [0.15, 0.2) is 23.4 Å². The Hall–Kier alpha value is -1.83. The van der Waals surface area contributed by atoms with E-state index >= 15 is 0 Å². The van der Waals surface area contributed by atoms with Crippen LogP contribution in [0.3, 0.4) is 0 Å². The topological polar surface area (TPSA) is 64.9 Å². The molecule has 1 aliphatic carbocycles. The van der Waals surface area contributed by atoms with Gasteiger partial charge in [0.05, 0.1) is 11.6 Å². The molecule has 0 aromatic carbocycles. The monoisotopic (exact) mass is 237 g/mol. The number of hydrogen-bond donors (Lipinski definition) is 2. The lowest BCUT2D eigenvalue weighted by molar-refractivity contribution is -0.117. The van der Waals surface area contributed by atoms with Crippen LogP contribution in [0, 0.1) is 11.3 Å². The minimum absolute atomic E-state index is 0.0877. The SMILES string of the molecule is CNC(=O)C1=CC=C(NC(C)(C)C#N)CC1F. The van der Waals surface area contributed by atoms with Crippen molar-refractivity contribution in [2.45, 2.75) is 32.0 Å². The Morgan fingerprint density at radius 2 is 2.24 bits per heavy atom. The standard InChI is InChI=1S/C12H16FN3O/c1-12(2,7-14)16-8-4-5-9(10(13)6-8)11(17)15-3/h4-5,10,16H,6H2,1-3H3,(H,15,17). The number of allylic oxidation sites excluding steroid dienone is 3. The molecule has 0 spiro atoms. The molecule has 0 bridgehead atoms. The highest BCUT2D eigenvalue weighted by atomic mass is 19.1. The average molecular weight is 237 g/mol. The second kappa shape index (κ2) is 5.00. The van der Waals surface area contributed by atoms with Crippen molar-refractivity contribution in [3.05, 3.63) is 23.4 Å². The third kappa shape index (κ3) is 3.31. The highest BCUT2D eigenvalue weighted by Crippen LogP contribution is 2.22. The van der Waals surface area contributed by atoms with Gasteiger partial charge in [-0.1, -0.05) is 0 Å². The summed E-state index contributed by atoms with van der Waals surface area (Å²) in [6, 6.07) is 2.07. The Morgan fingerprint density at radius 1 is 1.59 bits per heavy atom. The Balaban J connectivity index is 2.82. The molecule has 2 N–H and O–H groups in total. The van der Waals surface area contributed by atoms with Gasteiger partial charge in [0, 0.05) is 19.2 Å². The number of carbonyl (C=O) groups excluding carboxylic acids is 1. The van der Waals surface area contributed by atoms with Gasteiger partial charge in [0.15, 0.2) is 0 Å². The molecule has 17 heavy (non-hydrogen) atoms. The van der Waals surface area contributed by atoms with Gasteiger partial charge < -0.3 is 10.6 Å². The van der Waals surface area contributed by atoms with Crippen LogP contribution in [-0.4, -0.2) is 24.7 Å². The first-order valence-electron chi connectivity index (χ1n) is 5.36. The molecular formula is C12H16FN3O. The number of nitrogens with one attached hydrogen (secondary N) is 2. The van der Waals surface area contributed by atoms with Gasteiger partial charge in [-0.3, -0.25) is 4.79 Å². The summed E-state index contributed by atoms with van der Waals surface area (Å²) in [4.78, 5) is 11.3. The summed E-state index contributed by atoms with van der Waals surface area (Å²) < 4.78 is 13.7. The zero-order valence-corrected chi connectivity index (χ0v) is 10.2. The second-order valence-corrected chi connectivity index (χ2v) is 4.43. The van der Waals surface area contributed by atoms with E-state index in [0.717, 1.165) is 0 Å². The molecule has 0 saturated carbocycles. The maximum Gasteiger partial charge on any atom is 0.249 e. The highest BCUT2D eigenvalue weighted by molar-refractivity contribution is 5.94. The molecule has 92 valence electrons. The number of rotatable bonds is 3. The van der Waals surface area contributed by atoms with Gasteiger partial charge in [-0.25, -0.2) is 4.39 Å². The molecule has 0 aromatic heterocycles. The maximum atomic E-state index is 13.7. The fraction of sp³-hybridized carbons (Fsp3) is 0.500. The largest absolute Gasteiger partial charge is 0.371 e. The number of halogens is 1. The number of likely N-dealkylation sites (N-methyl/N-ethyl adjacent to an activating group) is 1. The third-order valence-electron chi connectivity index (χ3n) is 2.44. The zero-order chi connectivity index (χ0) is 13.1. The summed E-state index contributed by atoms with van der Waals surface area (Å²) in [5, 5.41) is 14.2. The number of nitriles is 1. The van der Waals surface area contributed by atoms with Crippen molar-refractivity contribution < 1.29 is 9.18 Å². The van der Waals surface area contributed by atoms with Crippen LogP contribution in [0.1, 0.15) is 20.3 Å². The molecule has 0 fully saturated rings. The molecule has 0 aliphatic heterocycles. The van der Waals surface area contributed by atoms with Crippen molar-refractivity contribution in [1.82, 2.24) is 10.6 Å². The molecule has 4 nitrogen and oxygen atoms in total. The Morgan fingerprint density at radius 3 is 2.71 bits per heavy atom. The summed E-state index contributed by atoms with van der Waals surface area (Å²) in [5.41, 5.74) is -0.00583. The van der Waals surface area contributed by atoms with E-state index in [2.05, 4.69) is 16.7 Å². The van der Waals surface area contributed by atoms with Crippen LogP contribution in [0.2, 0.25) is 0 Å². The lowest BCUT2D eigenvalue weighted by Crippen LogP contribution is -2.39. The average Bonchev–Trinajstić information content (AvgIpc) is 2.28. The van der Waals surface area contributed by atoms with Crippen molar-refractivity contribution in [2.75, 3.05) is 7.05 Å². The molecule has 1 amide bonds. The minimum atomic E-state index is -1.34. The predicted octanol–water partition coefficient (Wildman–Crippen LogP) is 1.18. The van der Waals surface area contributed by atoms with Crippen LogP contribution in [-0.2, 0) is 4.79 Å². The Kier molecular flexibility index (Phi) is 3.89. The molecule has 0 aromatic rings. The Bertz CT molecular complexity index is 418. The summed E-state index contributed by atoms with van der Waals surface area (Å²) >= 11 is 0. The van der Waals surface area contributed by atoms with Crippen molar-refractivity contribution in [1.29, 1.82) is 5.26 Å². The summed E-state index contributed by atoms with van der Waals surface area (Å²) in [6.07, 6.45) is 1.84. The maximum absolute atomic E-state index is 13.7. The molecule has 5 heteroatoms. The Labute approximate surface area is 100 Å². The van der Waals surface area contributed by atoms with Crippen LogP contribution >= 0.6 is 0 Å². The molecule has 1 aliphatic rings. The van der Waals surface area contributed by atoms with Gasteiger partial charge in [-0.05, 0) is 26.0 Å². The summed E-state index contributed by atoms with van der Waals surface area (Å²) in [5.74, 6) is -0.410. The number of carbonyl (C=O) groups is 1. The number of amides is 1. The van der Waals surface area contributed by atoms with Crippen molar-refractivity contribution in [3.8, 4) is 6.07 Å². The van der Waals surface area contributed by atoms with E-state index in [9.17, 15) is 9.18 Å². The van der Waals surface area contributed by atoms with Gasteiger partial charge in [0.25, 0.3) is 0 Å². The fourth-order valence-electron chi connectivity index (χ4n) is 1.55. The van der Waals surface area contributed by atoms with E-state index in [1.165, 1.54) is 13.1 Å². The molecule has 0 heterocycles. The quantitative estimate of drug-likeness (QED) is 0.774. The van der Waals surface area contributed by atoms with Crippen molar-refractivity contribution in [2.24, 2.45) is 0 Å². The van der Waals surface area contributed by atoms with Crippen molar-refractivity contribution >= 4 is 5.91 Å². The van der Waals surface area contributed by atoms with Crippen molar-refractivity contribution in [3.63, 3.8) is 0 Å². The summed E-state index contributed by atoms with van der Waals surface area (Å²) in [6.45, 7) is 3.41. The zero-order valence-electron chi connectivity index (χ0n) is 10.2. The lowest BCUT2D eigenvalue weighted by atomic mass is 9.98. The number of nitrogens with zero attached hydrogens (tertiary/aromatic N) is 1. The highest BCUT2D eigenvalue weighted by Gasteiger charge is 2.26. The van der Waals surface area contributed by atoms with Gasteiger partial charge in [0.2, 0.25) is 5.91 Å². The molecular weight excluding hydrogens is 221 g/mol. The fourth-order valence-corrected chi connectivity index (χ4v) is 1.55. The second-order valence-electron chi connectivity index (χ2n) is 4.43. The van der Waals surface area contributed by atoms with Crippen LogP contribution < -0.4 is 10.6 Å². The smallest absolute Gasteiger partial charge is 0.249 e. The van der Waals surface area contributed by atoms with Gasteiger partial charge in [0.1, 0.15) is 11.7 Å². The van der Waals surface area contributed by atoms with Gasteiger partial charge in [-0.15, -0.1) is 0 Å². The first-order chi connectivity index (χ1) is 7.89. The molecule has 0 radical (unpaired) electrons. The van der Waals surface area contributed by atoms with Gasteiger partial charge >= 0.3 is 0 Å². The first kappa shape index (κ1) is 13.2. The molecule has 0 saturated heterocycles. The predicted molar refractivity (Wildman–Crippen MR) is 62.6 cm³/mol. The summed E-state index contributed by atoms with van der Waals surface area (Å²) in [7, 11) is 1.46. The first-order valence-corrected chi connectivity index (χ1v) is 5.36. The normalized spacial score (nSPS) is 19.8. The molecule has 1 rings (SSSR count). The van der Waals surface area contributed by atoms with Crippen LogP contribution in [0.4, 0.5) is 4.39 Å². The van der Waals surface area contributed by atoms with E-state index in [-0.39, 0.29) is 12.0 Å².